The Morgan fingerprint density at radius 1 is 1.54 bits per heavy atom. The molecule has 1 aliphatic heterocycles. The second-order valence-electron chi connectivity index (χ2n) is 6.23. The van der Waals surface area contributed by atoms with Crippen molar-refractivity contribution in [3.05, 3.63) is 35.7 Å². The number of esters is 1. The normalized spacial score (nSPS) is 23.3. The van der Waals surface area contributed by atoms with Crippen molar-refractivity contribution in [2.75, 3.05) is 6.61 Å². The van der Waals surface area contributed by atoms with E-state index in [1.54, 1.807) is 24.1 Å². The van der Waals surface area contributed by atoms with Gasteiger partial charge in [-0.05, 0) is 6.92 Å². The second kappa shape index (κ2) is 8.70. The summed E-state index contributed by atoms with van der Waals surface area (Å²) in [6.07, 6.45) is 6.71. The van der Waals surface area contributed by atoms with Crippen LogP contribution in [0.1, 0.15) is 48.7 Å². The van der Waals surface area contributed by atoms with E-state index in [1.807, 2.05) is 6.07 Å². The maximum absolute atomic E-state index is 13.0. The first kappa shape index (κ1) is 18.9. The summed E-state index contributed by atoms with van der Waals surface area (Å²) in [5.41, 5.74) is 1.67. The topological polar surface area (TPSA) is 59.5 Å². The van der Waals surface area contributed by atoms with Crippen molar-refractivity contribution in [1.82, 2.24) is 9.88 Å². The Morgan fingerprint density at radius 2 is 2.38 bits per heavy atom. The van der Waals surface area contributed by atoms with Gasteiger partial charge in [-0.25, -0.2) is 0 Å². The van der Waals surface area contributed by atoms with Gasteiger partial charge in [0.15, 0.2) is 0 Å². The molecule has 0 bridgehead atoms. The molecule has 2 atom stereocenters. The molecular weight excluding hydrogens is 367 g/mol. The molecule has 0 aromatic carbocycles. The van der Waals surface area contributed by atoms with Crippen LogP contribution in [0.2, 0.25) is 0 Å². The zero-order chi connectivity index (χ0) is 18.5. The quantitative estimate of drug-likeness (QED) is 0.200. The SMILES string of the molecule is CCOC(=O)/C=C1\c2cccnc2C(=O)N1C1CCCC(C#C[SH-]#P)C1. The standard InChI is InChI=1S/C19H20N2O3PS/c1-2-24-17(22)12-16-15-7-4-9-20-18(15)19(23)21(16)14-6-3-5-13(11-14)8-10-26-25/h4,7,9,12-14,26H,2-3,5-6,11H2,1H3/q-1/b16-12+. The number of nitrogens with zero attached hydrogens (tertiary/aromatic N) is 2. The van der Waals surface area contributed by atoms with Crippen LogP contribution in [0.5, 0.6) is 0 Å². The summed E-state index contributed by atoms with van der Waals surface area (Å²) in [6.45, 7) is 2.05. The summed E-state index contributed by atoms with van der Waals surface area (Å²) in [6, 6.07) is 3.60. The molecule has 1 aromatic rings. The number of hydrogen-bond acceptors (Lipinski definition) is 5. The molecule has 7 heteroatoms. The third-order valence-electron chi connectivity index (χ3n) is 4.64. The van der Waals surface area contributed by atoms with Gasteiger partial charge in [-0.15, -0.1) is 0 Å². The Kier molecular flexibility index (Phi) is 6.34. The van der Waals surface area contributed by atoms with E-state index >= 15 is 0 Å². The average Bonchev–Trinajstić information content (AvgIpc) is 2.93. The third kappa shape index (κ3) is 3.95. The van der Waals surface area contributed by atoms with Crippen LogP contribution in [0.4, 0.5) is 0 Å². The number of fused-ring (bicyclic) bond motifs is 1. The summed E-state index contributed by atoms with van der Waals surface area (Å²) < 4.78 is 5.06. The van der Waals surface area contributed by atoms with Crippen molar-refractivity contribution in [2.24, 2.45) is 5.92 Å². The number of ether oxygens (including phenoxy) is 1. The molecule has 1 saturated carbocycles. The molecule has 2 unspecified atom stereocenters. The number of pyridine rings is 1. The molecule has 0 spiro atoms. The minimum atomic E-state index is -0.446. The molecule has 3 rings (SSSR count). The van der Waals surface area contributed by atoms with Crippen LogP contribution in [0, 0.1) is 17.1 Å². The fraction of sp³-hybridized carbons (Fsp3) is 0.421. The van der Waals surface area contributed by atoms with Crippen LogP contribution < -0.4 is 0 Å². The number of carbonyl (C=O) groups is 2. The Bertz CT molecular complexity index is 866. The van der Waals surface area contributed by atoms with Gasteiger partial charge in [0.05, 0.1) is 0 Å². The number of thiol groups is 1. The van der Waals surface area contributed by atoms with Crippen LogP contribution in [-0.2, 0) is 20.3 Å². The summed E-state index contributed by atoms with van der Waals surface area (Å²) >= 11 is 0. The summed E-state index contributed by atoms with van der Waals surface area (Å²) in [5.74, 6) is 2.87. The van der Waals surface area contributed by atoms with E-state index in [2.05, 4.69) is 24.0 Å². The van der Waals surface area contributed by atoms with Crippen LogP contribution in [-0.4, -0.2) is 34.4 Å². The van der Waals surface area contributed by atoms with Gasteiger partial charge in [0.2, 0.25) is 0 Å². The van der Waals surface area contributed by atoms with E-state index in [4.69, 9.17) is 4.74 Å². The molecule has 0 saturated heterocycles. The average molecular weight is 387 g/mol. The predicted octanol–water partition coefficient (Wildman–Crippen LogP) is 3.10. The van der Waals surface area contributed by atoms with E-state index in [-0.39, 0.29) is 17.9 Å². The molecule has 2 heterocycles. The van der Waals surface area contributed by atoms with E-state index in [0.717, 1.165) is 36.4 Å². The molecule has 1 amide bonds. The van der Waals surface area contributed by atoms with Gasteiger partial charge in [-0.1, -0.05) is 0 Å². The summed E-state index contributed by atoms with van der Waals surface area (Å²) in [5, 5.41) is 3.00. The van der Waals surface area contributed by atoms with Crippen molar-refractivity contribution < 1.29 is 14.3 Å². The van der Waals surface area contributed by atoms with Crippen molar-refractivity contribution in [2.45, 2.75) is 38.6 Å². The van der Waals surface area contributed by atoms with Crippen molar-refractivity contribution in [3.8, 4) is 11.2 Å². The molecule has 5 nitrogen and oxygen atoms in total. The summed E-state index contributed by atoms with van der Waals surface area (Å²) in [4.78, 5) is 31.0. The minimum absolute atomic E-state index is 0.00186. The summed E-state index contributed by atoms with van der Waals surface area (Å²) in [7, 11) is 4.87. The monoisotopic (exact) mass is 387 g/mol. The Morgan fingerprint density at radius 3 is 3.15 bits per heavy atom. The first-order chi connectivity index (χ1) is 12.7. The van der Waals surface area contributed by atoms with E-state index in [9.17, 15) is 9.59 Å². The van der Waals surface area contributed by atoms with Crippen LogP contribution in [0.15, 0.2) is 24.4 Å². The van der Waals surface area contributed by atoms with Crippen molar-refractivity contribution >= 4 is 36.1 Å². The number of hydrogen-bond donors (Lipinski definition) is 0. The number of carbonyl (C=O) groups excluding carboxylic acids is 2. The van der Waals surface area contributed by atoms with Gasteiger partial charge in [0.25, 0.3) is 0 Å². The first-order valence-electron chi connectivity index (χ1n) is 8.67. The molecule has 136 valence electrons. The third-order valence-corrected chi connectivity index (χ3v) is 5.17. The van der Waals surface area contributed by atoms with Gasteiger partial charge >= 0.3 is 151 Å². The van der Waals surface area contributed by atoms with Crippen LogP contribution in [0.25, 0.3) is 5.70 Å². The number of amides is 1. The molecule has 2 aliphatic rings. The molecule has 0 radical (unpaired) electrons. The molecule has 1 fully saturated rings. The fourth-order valence-corrected chi connectivity index (χ4v) is 4.00. The van der Waals surface area contributed by atoms with Gasteiger partial charge in [0, 0.05) is 0 Å². The maximum atomic E-state index is 13.0. The Labute approximate surface area is 158 Å². The Balaban J connectivity index is 1.95. The van der Waals surface area contributed by atoms with Gasteiger partial charge < -0.3 is 0 Å². The van der Waals surface area contributed by atoms with Crippen molar-refractivity contribution in [1.29, 1.82) is 0 Å². The van der Waals surface area contributed by atoms with Crippen LogP contribution >= 0.6 is 7.81 Å². The van der Waals surface area contributed by atoms with Crippen molar-refractivity contribution in [3.63, 3.8) is 0 Å². The first-order valence-corrected chi connectivity index (χ1v) is 10.7. The predicted molar refractivity (Wildman–Crippen MR) is 104 cm³/mol. The zero-order valence-electron chi connectivity index (χ0n) is 14.5. The second-order valence-corrected chi connectivity index (χ2v) is 7.25. The zero-order valence-corrected chi connectivity index (χ0v) is 16.3. The van der Waals surface area contributed by atoms with Gasteiger partial charge in [-0.3, -0.25) is 0 Å². The number of aromatic nitrogens is 1. The Hall–Kier alpha value is -1.83. The molecular formula is C19H20N2O3PS-. The molecule has 1 aliphatic carbocycles. The van der Waals surface area contributed by atoms with E-state index in [1.165, 1.54) is 6.08 Å². The molecule has 0 N–H and O–H groups in total. The molecule has 26 heavy (non-hydrogen) atoms. The van der Waals surface area contributed by atoms with Gasteiger partial charge in [0.1, 0.15) is 0 Å². The van der Waals surface area contributed by atoms with E-state index in [0.29, 0.717) is 23.6 Å². The van der Waals surface area contributed by atoms with E-state index < -0.39 is 5.97 Å². The number of rotatable bonds is 3. The molecule has 1 aromatic heterocycles. The fourth-order valence-electron chi connectivity index (χ4n) is 3.59. The van der Waals surface area contributed by atoms with Gasteiger partial charge in [-0.2, -0.15) is 0 Å². The van der Waals surface area contributed by atoms with Crippen LogP contribution in [0.3, 0.4) is 0 Å².